The van der Waals surface area contributed by atoms with E-state index in [-0.39, 0.29) is 40.5 Å². The van der Waals surface area contributed by atoms with Crippen LogP contribution in [-0.2, 0) is 19.1 Å². The molecule has 1 fully saturated rings. The molecule has 0 saturated carbocycles. The molecule has 2 amide bonds. The zero-order valence-corrected chi connectivity index (χ0v) is 26.0. The molecule has 0 spiro atoms. The molecule has 1 unspecified atom stereocenters. The number of esters is 1. The van der Waals surface area contributed by atoms with Crippen LogP contribution in [-0.4, -0.2) is 77.0 Å². The van der Waals surface area contributed by atoms with Crippen LogP contribution in [0.3, 0.4) is 0 Å². The Hall–Kier alpha value is -2.32. The van der Waals surface area contributed by atoms with Crippen LogP contribution < -0.4 is 5.32 Å². The van der Waals surface area contributed by atoms with Gasteiger partial charge in [-0.1, -0.05) is 77.1 Å². The highest BCUT2D eigenvalue weighted by Gasteiger charge is 2.46. The second kappa shape index (κ2) is 14.7. The first kappa shape index (κ1) is 33.7. The molecule has 3 atom stereocenters. The Bertz CT molecular complexity index is 914. The number of likely N-dealkylation sites (N-methyl/N-ethyl adjacent to an activating group) is 2. The van der Waals surface area contributed by atoms with Crippen molar-refractivity contribution in [2.75, 3.05) is 26.6 Å². The summed E-state index contributed by atoms with van der Waals surface area (Å²) in [4.78, 5) is 42.7. The number of carbonyl (C=O) groups is 3. The molecule has 0 radical (unpaired) electrons. The van der Waals surface area contributed by atoms with Crippen molar-refractivity contribution >= 4 is 29.5 Å². The minimum atomic E-state index is -0.702. The number of rotatable bonds is 8. The average molecular weight is 548 g/mol. The van der Waals surface area contributed by atoms with Crippen LogP contribution in [0.5, 0.6) is 0 Å². The topological polar surface area (TPSA) is 79.0 Å². The van der Waals surface area contributed by atoms with Gasteiger partial charge < -0.3 is 15.0 Å². The normalized spacial score (nSPS) is 19.2. The summed E-state index contributed by atoms with van der Waals surface area (Å²) in [6.07, 6.45) is 1.78. The summed E-state index contributed by atoms with van der Waals surface area (Å²) in [6.45, 7) is 17.7. The summed E-state index contributed by atoms with van der Waals surface area (Å²) < 4.78 is 4.85. The standard InChI is InChI=1S/C24H43N3O4S.C6H6/c1-12-31-22(30)16(4)13-17(15(2)3)27(11)21(29)18(23(5,6)7)25-20(28)19-24(8,9)32-14-26(19)10;1-2-4-6-5-3-1/h13,15,17-19H,12,14H2,1-11H3,(H,25,28);1-6H/b16-13+;/t17-,18-,19?;/m1./s1. The second-order valence-electron chi connectivity index (χ2n) is 11.8. The van der Waals surface area contributed by atoms with E-state index in [1.165, 1.54) is 0 Å². The first-order chi connectivity index (χ1) is 17.5. The number of ether oxygens (including phenoxy) is 1. The lowest BCUT2D eigenvalue weighted by Gasteiger charge is -2.39. The number of nitrogens with one attached hydrogen (secondary N) is 1. The molecule has 38 heavy (non-hydrogen) atoms. The number of amides is 2. The van der Waals surface area contributed by atoms with Gasteiger partial charge in [-0.05, 0) is 46.1 Å². The highest BCUT2D eigenvalue weighted by atomic mass is 32.2. The second-order valence-corrected chi connectivity index (χ2v) is 13.4. The quantitative estimate of drug-likeness (QED) is 0.365. The number of nitrogens with zero attached hydrogens (tertiary/aromatic N) is 2. The van der Waals surface area contributed by atoms with E-state index in [1.807, 2.05) is 83.0 Å². The van der Waals surface area contributed by atoms with Gasteiger partial charge in [0, 0.05) is 23.2 Å². The van der Waals surface area contributed by atoms with Gasteiger partial charge in [0.25, 0.3) is 0 Å². The van der Waals surface area contributed by atoms with Crippen LogP contribution in [0.2, 0.25) is 0 Å². The number of benzene rings is 1. The van der Waals surface area contributed by atoms with Crippen molar-refractivity contribution in [3.63, 3.8) is 0 Å². The summed E-state index contributed by atoms with van der Waals surface area (Å²) in [6, 6.07) is 10.7. The molecule has 1 saturated heterocycles. The Morgan fingerprint density at radius 1 is 1.13 bits per heavy atom. The van der Waals surface area contributed by atoms with E-state index in [1.54, 1.807) is 43.6 Å². The molecule has 8 heteroatoms. The predicted molar refractivity (Wildman–Crippen MR) is 158 cm³/mol. The Morgan fingerprint density at radius 3 is 2.00 bits per heavy atom. The molecular weight excluding hydrogens is 498 g/mol. The maximum atomic E-state index is 13.7. The lowest BCUT2D eigenvalue weighted by atomic mass is 9.84. The van der Waals surface area contributed by atoms with Crippen LogP contribution >= 0.6 is 11.8 Å². The molecule has 1 aliphatic heterocycles. The monoisotopic (exact) mass is 547 g/mol. The van der Waals surface area contributed by atoms with Crippen molar-refractivity contribution in [2.45, 2.75) is 85.2 Å². The van der Waals surface area contributed by atoms with Gasteiger partial charge in [0.2, 0.25) is 11.8 Å². The van der Waals surface area contributed by atoms with E-state index in [4.69, 9.17) is 4.74 Å². The van der Waals surface area contributed by atoms with Crippen molar-refractivity contribution in [3.8, 4) is 0 Å². The van der Waals surface area contributed by atoms with Gasteiger partial charge in [-0.25, -0.2) is 4.79 Å². The molecule has 0 bridgehead atoms. The number of hydrogen-bond acceptors (Lipinski definition) is 6. The molecular formula is C30H49N3O4S. The van der Waals surface area contributed by atoms with Crippen molar-refractivity contribution in [2.24, 2.45) is 11.3 Å². The number of hydrogen-bond donors (Lipinski definition) is 1. The molecule has 1 aliphatic rings. The maximum absolute atomic E-state index is 13.7. The Labute approximate surface area is 234 Å². The largest absolute Gasteiger partial charge is 0.463 e. The highest BCUT2D eigenvalue weighted by Crippen LogP contribution is 2.38. The summed E-state index contributed by atoms with van der Waals surface area (Å²) >= 11 is 1.73. The van der Waals surface area contributed by atoms with Gasteiger partial charge in [0.15, 0.2) is 0 Å². The third-order valence-electron chi connectivity index (χ3n) is 6.55. The van der Waals surface area contributed by atoms with Gasteiger partial charge in [-0.3, -0.25) is 14.5 Å². The Morgan fingerprint density at radius 2 is 1.63 bits per heavy atom. The molecule has 7 nitrogen and oxygen atoms in total. The van der Waals surface area contributed by atoms with Crippen LogP contribution in [0.15, 0.2) is 48.0 Å². The third kappa shape index (κ3) is 9.77. The summed E-state index contributed by atoms with van der Waals surface area (Å²) in [5.74, 6) is 0.142. The molecule has 1 aromatic carbocycles. The maximum Gasteiger partial charge on any atom is 0.333 e. The minimum absolute atomic E-state index is 0.0703. The predicted octanol–water partition coefficient (Wildman–Crippen LogP) is 4.98. The van der Waals surface area contributed by atoms with E-state index in [2.05, 4.69) is 19.2 Å². The zero-order chi connectivity index (χ0) is 29.3. The fourth-order valence-electron chi connectivity index (χ4n) is 4.39. The van der Waals surface area contributed by atoms with Crippen LogP contribution in [0.1, 0.15) is 62.3 Å². The van der Waals surface area contributed by atoms with Crippen molar-refractivity contribution < 1.29 is 19.1 Å². The fourth-order valence-corrected chi connectivity index (χ4v) is 5.52. The van der Waals surface area contributed by atoms with Crippen LogP contribution in [0.4, 0.5) is 0 Å². The molecule has 0 aromatic heterocycles. The first-order valence-corrected chi connectivity index (χ1v) is 14.3. The number of thioether (sulfide) groups is 1. The van der Waals surface area contributed by atoms with E-state index in [9.17, 15) is 14.4 Å². The van der Waals surface area contributed by atoms with E-state index in [0.717, 1.165) is 5.88 Å². The van der Waals surface area contributed by atoms with Crippen molar-refractivity contribution in [1.82, 2.24) is 15.1 Å². The van der Waals surface area contributed by atoms with Gasteiger partial charge in [-0.15, -0.1) is 11.8 Å². The van der Waals surface area contributed by atoms with Gasteiger partial charge in [0.05, 0.1) is 12.6 Å². The molecule has 1 aromatic rings. The van der Waals surface area contributed by atoms with Gasteiger partial charge >= 0.3 is 5.97 Å². The summed E-state index contributed by atoms with van der Waals surface area (Å²) in [5, 5.41) is 3.06. The molecule has 2 rings (SSSR count). The summed E-state index contributed by atoms with van der Waals surface area (Å²) in [7, 11) is 3.66. The van der Waals surface area contributed by atoms with E-state index >= 15 is 0 Å². The average Bonchev–Trinajstić information content (AvgIpc) is 3.12. The van der Waals surface area contributed by atoms with Gasteiger partial charge in [0.1, 0.15) is 12.1 Å². The Balaban J connectivity index is 0.00000105. The van der Waals surface area contributed by atoms with Crippen molar-refractivity contribution in [3.05, 3.63) is 48.0 Å². The van der Waals surface area contributed by atoms with E-state index < -0.39 is 11.5 Å². The first-order valence-electron chi connectivity index (χ1n) is 13.3. The van der Waals surface area contributed by atoms with Crippen LogP contribution in [0.25, 0.3) is 0 Å². The fraction of sp³-hybridized carbons (Fsp3) is 0.633. The zero-order valence-electron chi connectivity index (χ0n) is 25.2. The minimum Gasteiger partial charge on any atom is -0.463 e. The van der Waals surface area contributed by atoms with Gasteiger partial charge in [-0.2, -0.15) is 0 Å². The van der Waals surface area contributed by atoms with E-state index in [0.29, 0.717) is 12.2 Å². The molecule has 0 aliphatic carbocycles. The highest BCUT2D eigenvalue weighted by molar-refractivity contribution is 8.00. The van der Waals surface area contributed by atoms with Crippen LogP contribution in [0, 0.1) is 11.3 Å². The molecule has 1 N–H and O–H groups in total. The third-order valence-corrected chi connectivity index (χ3v) is 8.05. The Kier molecular flexibility index (Phi) is 13.1. The lowest BCUT2D eigenvalue weighted by Crippen LogP contribution is -2.60. The number of carbonyl (C=O) groups excluding carboxylic acids is 3. The smallest absolute Gasteiger partial charge is 0.333 e. The molecule has 1 heterocycles. The van der Waals surface area contributed by atoms with Crippen molar-refractivity contribution in [1.29, 1.82) is 0 Å². The lowest BCUT2D eigenvalue weighted by molar-refractivity contribution is -0.141. The molecule has 214 valence electrons. The SMILES string of the molecule is CCOC(=O)/C(C)=C/[C@H](C(C)C)N(C)C(=O)[C@@H](NC(=O)C1N(C)CSC1(C)C)C(C)(C)C.c1ccccc1. The summed E-state index contributed by atoms with van der Waals surface area (Å²) in [5.41, 5.74) is -0.0235.